The average molecular weight is 616 g/mol. The number of carbonyl (C=O) groups is 1. The van der Waals surface area contributed by atoms with E-state index in [2.05, 4.69) is 30.2 Å². The topological polar surface area (TPSA) is 179 Å². The van der Waals surface area contributed by atoms with Crippen LogP contribution in [0.25, 0.3) is 17.2 Å². The Labute approximate surface area is 234 Å². The molecule has 0 saturated heterocycles. The third kappa shape index (κ3) is 7.54. The highest BCUT2D eigenvalue weighted by molar-refractivity contribution is 7.88. The molecule has 4 rings (SSSR count). The molecule has 1 atom stereocenters. The normalized spacial score (nSPS) is 12.8. The number of rotatable bonds is 10. The smallest absolute Gasteiger partial charge is 0.382 e. The Hall–Kier alpha value is -4.13. The minimum Gasteiger partial charge on any atom is -0.382 e. The van der Waals surface area contributed by atoms with Crippen LogP contribution in [-0.2, 0) is 27.9 Å². The fourth-order valence-corrected chi connectivity index (χ4v) is 3.99. The van der Waals surface area contributed by atoms with E-state index in [4.69, 9.17) is 11.6 Å². The summed E-state index contributed by atoms with van der Waals surface area (Å²) in [4.78, 5) is 33.5. The van der Waals surface area contributed by atoms with Crippen LogP contribution in [0.3, 0.4) is 0 Å². The number of aliphatic hydroxyl groups excluding tert-OH is 1. The first-order valence-corrected chi connectivity index (χ1v) is 13.8. The fraction of sp³-hybridized carbons (Fsp3) is 0.273. The van der Waals surface area contributed by atoms with Crippen molar-refractivity contribution in [2.24, 2.45) is 0 Å². The molecule has 1 aromatic carbocycles. The lowest BCUT2D eigenvalue weighted by Gasteiger charge is -2.15. The lowest BCUT2D eigenvalue weighted by atomic mass is 10.2. The molecule has 19 heteroatoms. The van der Waals surface area contributed by atoms with Gasteiger partial charge in [0.15, 0.2) is 23.6 Å². The maximum absolute atomic E-state index is 13.1. The maximum atomic E-state index is 13.1. The third-order valence-electron chi connectivity index (χ3n) is 5.36. The van der Waals surface area contributed by atoms with Crippen molar-refractivity contribution in [3.8, 4) is 17.2 Å². The predicted octanol–water partition coefficient (Wildman–Crippen LogP) is 0.800. The predicted molar refractivity (Wildman–Crippen MR) is 139 cm³/mol. The van der Waals surface area contributed by atoms with Gasteiger partial charge in [-0.05, 0) is 36.4 Å². The Bertz CT molecular complexity index is 1720. The Morgan fingerprint density at radius 3 is 2.51 bits per heavy atom. The van der Waals surface area contributed by atoms with Gasteiger partial charge in [0.05, 0.1) is 25.0 Å². The lowest BCUT2D eigenvalue weighted by molar-refractivity contribution is -0.207. The van der Waals surface area contributed by atoms with Gasteiger partial charge in [-0.2, -0.15) is 13.2 Å². The van der Waals surface area contributed by atoms with Crippen LogP contribution in [0, 0.1) is 0 Å². The largest absolute Gasteiger partial charge is 0.416 e. The molecular weight excluding hydrogens is 595 g/mol. The summed E-state index contributed by atoms with van der Waals surface area (Å²) >= 11 is 5.89. The lowest BCUT2D eigenvalue weighted by Crippen LogP contribution is -2.37. The van der Waals surface area contributed by atoms with Crippen molar-refractivity contribution < 1.29 is 31.5 Å². The molecular formula is C22H21ClF3N9O5S. The monoisotopic (exact) mass is 615 g/mol. The van der Waals surface area contributed by atoms with Crippen LogP contribution < -0.4 is 15.7 Å². The Morgan fingerprint density at radius 1 is 1.15 bits per heavy atom. The minimum atomic E-state index is -4.98. The number of sulfonamides is 1. The van der Waals surface area contributed by atoms with E-state index in [-0.39, 0.29) is 35.3 Å². The Kier molecular flexibility index (Phi) is 8.57. The first kappa shape index (κ1) is 29.8. The van der Waals surface area contributed by atoms with Crippen molar-refractivity contribution in [1.82, 2.24) is 38.8 Å². The van der Waals surface area contributed by atoms with Crippen LogP contribution in [0.2, 0.25) is 5.02 Å². The van der Waals surface area contributed by atoms with Gasteiger partial charge in [0.2, 0.25) is 15.9 Å². The van der Waals surface area contributed by atoms with Gasteiger partial charge in [-0.1, -0.05) is 11.6 Å². The highest BCUT2D eigenvalue weighted by atomic mass is 35.5. The molecule has 41 heavy (non-hydrogen) atoms. The Balaban J connectivity index is 1.62. The van der Waals surface area contributed by atoms with Crippen LogP contribution in [0.1, 0.15) is 5.82 Å². The van der Waals surface area contributed by atoms with Gasteiger partial charge >= 0.3 is 11.9 Å². The van der Waals surface area contributed by atoms with E-state index in [1.54, 1.807) is 0 Å². The van der Waals surface area contributed by atoms with Gasteiger partial charge in [0.25, 0.3) is 0 Å². The van der Waals surface area contributed by atoms with Gasteiger partial charge in [-0.25, -0.2) is 37.3 Å². The number of alkyl halides is 3. The number of amides is 1. The quantitative estimate of drug-likeness (QED) is 0.233. The second-order valence-electron chi connectivity index (χ2n) is 8.56. The summed E-state index contributed by atoms with van der Waals surface area (Å²) in [5.74, 6) is -0.714. The summed E-state index contributed by atoms with van der Waals surface area (Å²) < 4.78 is 66.5. The summed E-state index contributed by atoms with van der Waals surface area (Å²) in [6.07, 6.45) is -4.28. The first-order valence-electron chi connectivity index (χ1n) is 11.5. The van der Waals surface area contributed by atoms with Crippen LogP contribution in [0.15, 0.2) is 53.7 Å². The maximum Gasteiger partial charge on any atom is 0.416 e. The number of pyridine rings is 1. The average Bonchev–Trinajstić information content (AvgIpc) is 3.48. The van der Waals surface area contributed by atoms with E-state index >= 15 is 0 Å². The molecule has 0 aliphatic rings. The molecule has 0 aliphatic heterocycles. The molecule has 3 heterocycles. The van der Waals surface area contributed by atoms with Crippen molar-refractivity contribution >= 4 is 33.2 Å². The zero-order chi connectivity index (χ0) is 29.9. The Morgan fingerprint density at radius 2 is 1.85 bits per heavy atom. The number of nitrogens with one attached hydrogen (secondary N) is 2. The second kappa shape index (κ2) is 11.8. The number of benzene rings is 1. The first-order chi connectivity index (χ1) is 19.2. The van der Waals surface area contributed by atoms with Crippen LogP contribution in [-0.4, -0.2) is 78.6 Å². The van der Waals surface area contributed by atoms with Gasteiger partial charge < -0.3 is 10.4 Å². The zero-order valence-electron chi connectivity index (χ0n) is 20.9. The standard InChI is InChI=1S/C22H21ClF3N9O5S/c1-41(39,40)29-9-18(37)30-15-3-2-8-27-20(15)35-12-28-17(31-35)11-34-21(38)33(10-16(36)22(24,25)26)19(32-34)13-4-6-14(23)7-5-13/h2-8,12,16,29,36H,9-11H2,1H3,(H,30,37)/t16-/m0/s1. The number of anilines is 1. The van der Waals surface area contributed by atoms with E-state index in [0.29, 0.717) is 9.59 Å². The van der Waals surface area contributed by atoms with E-state index < -0.39 is 47.0 Å². The van der Waals surface area contributed by atoms with Crippen molar-refractivity contribution in [3.05, 3.63) is 70.3 Å². The van der Waals surface area contributed by atoms with Gasteiger partial charge in [0.1, 0.15) is 12.9 Å². The molecule has 0 saturated carbocycles. The molecule has 14 nitrogen and oxygen atoms in total. The molecule has 0 bridgehead atoms. The van der Waals surface area contributed by atoms with Crippen molar-refractivity contribution in [2.75, 3.05) is 18.1 Å². The molecule has 218 valence electrons. The molecule has 0 unspecified atom stereocenters. The van der Waals surface area contributed by atoms with E-state index in [9.17, 15) is 36.3 Å². The number of aliphatic hydroxyl groups is 1. The van der Waals surface area contributed by atoms with Crippen LogP contribution >= 0.6 is 11.6 Å². The van der Waals surface area contributed by atoms with Crippen LogP contribution in [0.5, 0.6) is 0 Å². The molecule has 3 aromatic heterocycles. The molecule has 0 spiro atoms. The molecule has 0 aliphatic carbocycles. The van der Waals surface area contributed by atoms with Gasteiger partial charge in [-0.3, -0.25) is 9.36 Å². The number of halogens is 4. The molecule has 0 radical (unpaired) electrons. The number of hydrogen-bond acceptors (Lipinski definition) is 9. The summed E-state index contributed by atoms with van der Waals surface area (Å²) in [5, 5.41) is 20.8. The summed E-state index contributed by atoms with van der Waals surface area (Å²) in [5.41, 5.74) is -0.520. The van der Waals surface area contributed by atoms with E-state index in [1.165, 1.54) is 53.6 Å². The number of hydrogen-bond donors (Lipinski definition) is 3. The number of nitrogens with zero attached hydrogens (tertiary/aromatic N) is 7. The molecule has 0 fully saturated rings. The van der Waals surface area contributed by atoms with Crippen molar-refractivity contribution in [2.45, 2.75) is 25.4 Å². The molecule has 4 aromatic rings. The van der Waals surface area contributed by atoms with Crippen molar-refractivity contribution in [1.29, 1.82) is 0 Å². The highest BCUT2D eigenvalue weighted by Crippen LogP contribution is 2.24. The van der Waals surface area contributed by atoms with E-state index in [0.717, 1.165) is 10.9 Å². The van der Waals surface area contributed by atoms with Gasteiger partial charge in [-0.15, -0.1) is 10.2 Å². The van der Waals surface area contributed by atoms with Gasteiger partial charge in [0, 0.05) is 16.8 Å². The molecule has 3 N–H and O–H groups in total. The second-order valence-corrected chi connectivity index (χ2v) is 10.8. The van der Waals surface area contributed by atoms with Crippen molar-refractivity contribution in [3.63, 3.8) is 0 Å². The highest BCUT2D eigenvalue weighted by Gasteiger charge is 2.39. The minimum absolute atomic E-state index is 0.0115. The summed E-state index contributed by atoms with van der Waals surface area (Å²) in [6.45, 7) is -2.00. The van der Waals surface area contributed by atoms with Crippen LogP contribution in [0.4, 0.5) is 18.9 Å². The molecule has 1 amide bonds. The summed E-state index contributed by atoms with van der Waals surface area (Å²) in [7, 11) is -3.60. The summed E-state index contributed by atoms with van der Waals surface area (Å²) in [6, 6.07) is 8.85. The number of aromatic nitrogens is 7. The zero-order valence-corrected chi connectivity index (χ0v) is 22.5. The van der Waals surface area contributed by atoms with E-state index in [1.807, 2.05) is 0 Å². The fourth-order valence-electron chi connectivity index (χ4n) is 3.47. The number of carbonyl (C=O) groups excluding carboxylic acids is 1. The SMILES string of the molecule is CS(=O)(=O)NCC(=O)Nc1cccnc1-n1cnc(Cn2nc(-c3ccc(Cl)cc3)n(C[C@H](O)C(F)(F)F)c2=O)n1. The third-order valence-corrected chi connectivity index (χ3v) is 6.28.